The van der Waals surface area contributed by atoms with E-state index in [0.29, 0.717) is 22.8 Å². The second-order valence-electron chi connectivity index (χ2n) is 5.19. The molecule has 128 valence electrons. The highest BCUT2D eigenvalue weighted by Gasteiger charge is 2.09. The molecular formula is C18H16N2O3S2. The van der Waals surface area contributed by atoms with Crippen LogP contribution < -0.4 is 5.32 Å². The van der Waals surface area contributed by atoms with Crippen molar-refractivity contribution >= 4 is 50.9 Å². The quantitative estimate of drug-likeness (QED) is 0.664. The molecule has 0 fully saturated rings. The van der Waals surface area contributed by atoms with Gasteiger partial charge in [0.2, 0.25) is 5.91 Å². The summed E-state index contributed by atoms with van der Waals surface area (Å²) in [6.45, 7) is 0. The number of esters is 1. The molecule has 1 aromatic heterocycles. The van der Waals surface area contributed by atoms with Crippen LogP contribution in [-0.2, 0) is 15.3 Å². The smallest absolute Gasteiger partial charge is 0.337 e. The summed E-state index contributed by atoms with van der Waals surface area (Å²) >= 11 is 3.15. The monoisotopic (exact) mass is 372 g/mol. The molecule has 1 N–H and O–H groups in total. The zero-order valence-electron chi connectivity index (χ0n) is 13.5. The number of para-hydroxylation sites is 1. The Labute approximate surface area is 153 Å². The van der Waals surface area contributed by atoms with Crippen LogP contribution in [0.5, 0.6) is 0 Å². The van der Waals surface area contributed by atoms with Crippen LogP contribution in [0, 0.1) is 0 Å². The molecular weight excluding hydrogens is 356 g/mol. The summed E-state index contributed by atoms with van der Waals surface area (Å²) in [5.74, 6) is 0.460. The fourth-order valence-corrected chi connectivity index (χ4v) is 4.10. The number of carbonyl (C=O) groups excluding carboxylic acids is 2. The fraction of sp³-hybridized carbons (Fsp3) is 0.167. The van der Waals surface area contributed by atoms with Gasteiger partial charge in [-0.1, -0.05) is 18.2 Å². The molecule has 3 aromatic rings. The van der Waals surface area contributed by atoms with Gasteiger partial charge in [0.25, 0.3) is 0 Å². The van der Waals surface area contributed by atoms with Gasteiger partial charge in [-0.25, -0.2) is 9.78 Å². The van der Waals surface area contributed by atoms with E-state index >= 15 is 0 Å². The normalized spacial score (nSPS) is 10.6. The molecule has 0 radical (unpaired) electrons. The van der Waals surface area contributed by atoms with Gasteiger partial charge in [0.1, 0.15) is 5.01 Å². The lowest BCUT2D eigenvalue weighted by Crippen LogP contribution is -2.14. The van der Waals surface area contributed by atoms with Gasteiger partial charge in [0.05, 0.1) is 28.6 Å². The Balaban J connectivity index is 1.52. The maximum Gasteiger partial charge on any atom is 0.337 e. The van der Waals surface area contributed by atoms with Gasteiger partial charge in [-0.3, -0.25) is 4.79 Å². The molecule has 0 atom stereocenters. The Morgan fingerprint density at radius 2 is 2.04 bits per heavy atom. The Kier molecular flexibility index (Phi) is 5.67. The number of carbonyl (C=O) groups is 2. The van der Waals surface area contributed by atoms with Gasteiger partial charge < -0.3 is 10.1 Å². The average Bonchev–Trinajstić information content (AvgIpc) is 3.04. The highest BCUT2D eigenvalue weighted by molar-refractivity contribution is 7.99. The van der Waals surface area contributed by atoms with Crippen LogP contribution in [0.3, 0.4) is 0 Å². The first-order valence-electron chi connectivity index (χ1n) is 7.56. The minimum atomic E-state index is -0.429. The Morgan fingerprint density at radius 1 is 1.20 bits per heavy atom. The van der Waals surface area contributed by atoms with Crippen LogP contribution in [-0.4, -0.2) is 29.7 Å². The van der Waals surface area contributed by atoms with E-state index in [9.17, 15) is 9.59 Å². The number of thioether (sulfide) groups is 1. The van der Waals surface area contributed by atoms with Gasteiger partial charge in [0.15, 0.2) is 0 Å². The number of ether oxygens (including phenoxy) is 1. The van der Waals surface area contributed by atoms with Gasteiger partial charge in [-0.05, 0) is 30.3 Å². The third-order valence-corrected chi connectivity index (χ3v) is 5.53. The van der Waals surface area contributed by atoms with Crippen molar-refractivity contribution in [1.29, 1.82) is 0 Å². The second-order valence-corrected chi connectivity index (χ2v) is 7.29. The van der Waals surface area contributed by atoms with E-state index in [-0.39, 0.29) is 5.91 Å². The van der Waals surface area contributed by atoms with Crippen LogP contribution in [0.2, 0.25) is 0 Å². The SMILES string of the molecule is COC(=O)c1cccc(NC(=O)CSCc2nc3ccccc3s2)c1. The van der Waals surface area contributed by atoms with Crippen molar-refractivity contribution in [1.82, 2.24) is 4.98 Å². The summed E-state index contributed by atoms with van der Waals surface area (Å²) in [5, 5.41) is 3.80. The summed E-state index contributed by atoms with van der Waals surface area (Å²) < 4.78 is 5.83. The molecule has 0 unspecified atom stereocenters. The van der Waals surface area contributed by atoms with E-state index in [1.165, 1.54) is 18.9 Å². The van der Waals surface area contributed by atoms with E-state index in [0.717, 1.165) is 15.2 Å². The number of nitrogens with one attached hydrogen (secondary N) is 1. The van der Waals surface area contributed by atoms with E-state index < -0.39 is 5.97 Å². The number of benzene rings is 2. The highest BCUT2D eigenvalue weighted by Crippen LogP contribution is 2.24. The number of hydrogen-bond donors (Lipinski definition) is 1. The lowest BCUT2D eigenvalue weighted by Gasteiger charge is -2.06. The predicted octanol–water partition coefficient (Wildman–Crippen LogP) is 3.95. The maximum absolute atomic E-state index is 12.1. The lowest BCUT2D eigenvalue weighted by atomic mass is 10.2. The van der Waals surface area contributed by atoms with Crippen molar-refractivity contribution in [3.05, 3.63) is 59.1 Å². The van der Waals surface area contributed by atoms with Gasteiger partial charge in [0, 0.05) is 11.4 Å². The van der Waals surface area contributed by atoms with Gasteiger partial charge >= 0.3 is 5.97 Å². The maximum atomic E-state index is 12.1. The zero-order valence-corrected chi connectivity index (χ0v) is 15.2. The summed E-state index contributed by atoms with van der Waals surface area (Å²) in [7, 11) is 1.33. The number of methoxy groups -OCH3 is 1. The Bertz CT molecular complexity index is 875. The molecule has 2 aromatic carbocycles. The highest BCUT2D eigenvalue weighted by atomic mass is 32.2. The molecule has 0 spiro atoms. The molecule has 0 aliphatic carbocycles. The Morgan fingerprint density at radius 3 is 2.84 bits per heavy atom. The van der Waals surface area contributed by atoms with Crippen LogP contribution in [0.15, 0.2) is 48.5 Å². The Hall–Kier alpha value is -2.38. The van der Waals surface area contributed by atoms with Crippen LogP contribution in [0.4, 0.5) is 5.69 Å². The van der Waals surface area contributed by atoms with Crippen molar-refractivity contribution in [2.24, 2.45) is 0 Å². The molecule has 0 bridgehead atoms. The van der Waals surface area contributed by atoms with Crippen LogP contribution in [0.1, 0.15) is 15.4 Å². The van der Waals surface area contributed by atoms with Crippen molar-refractivity contribution < 1.29 is 14.3 Å². The van der Waals surface area contributed by atoms with E-state index in [1.807, 2.05) is 24.3 Å². The van der Waals surface area contributed by atoms with Crippen LogP contribution >= 0.6 is 23.1 Å². The first-order valence-corrected chi connectivity index (χ1v) is 9.53. The number of thiazole rings is 1. The van der Waals surface area contributed by atoms with Gasteiger partial charge in [-0.15, -0.1) is 23.1 Å². The molecule has 0 saturated heterocycles. The van der Waals surface area contributed by atoms with Gasteiger partial charge in [-0.2, -0.15) is 0 Å². The van der Waals surface area contributed by atoms with E-state index in [4.69, 9.17) is 0 Å². The molecule has 0 saturated carbocycles. The first-order chi connectivity index (χ1) is 12.2. The van der Waals surface area contributed by atoms with E-state index in [2.05, 4.69) is 15.0 Å². The van der Waals surface area contributed by atoms with Crippen molar-refractivity contribution in [3.8, 4) is 0 Å². The number of fused-ring (bicyclic) bond motifs is 1. The summed E-state index contributed by atoms with van der Waals surface area (Å²) in [6, 6.07) is 14.7. The molecule has 5 nitrogen and oxygen atoms in total. The van der Waals surface area contributed by atoms with Crippen molar-refractivity contribution in [2.45, 2.75) is 5.75 Å². The molecule has 0 aliphatic heterocycles. The minimum absolute atomic E-state index is 0.117. The summed E-state index contributed by atoms with van der Waals surface area (Å²) in [4.78, 5) is 28.1. The molecule has 7 heteroatoms. The summed E-state index contributed by atoms with van der Waals surface area (Å²) in [6.07, 6.45) is 0. The number of aromatic nitrogens is 1. The lowest BCUT2D eigenvalue weighted by molar-refractivity contribution is -0.113. The van der Waals surface area contributed by atoms with E-state index in [1.54, 1.807) is 35.6 Å². The summed E-state index contributed by atoms with van der Waals surface area (Å²) in [5.41, 5.74) is 1.98. The zero-order chi connectivity index (χ0) is 17.6. The number of anilines is 1. The topological polar surface area (TPSA) is 68.3 Å². The molecule has 0 aliphatic rings. The number of hydrogen-bond acceptors (Lipinski definition) is 6. The van der Waals surface area contributed by atoms with Crippen molar-refractivity contribution in [3.63, 3.8) is 0 Å². The first kappa shape index (κ1) is 17.4. The minimum Gasteiger partial charge on any atom is -0.465 e. The number of rotatable bonds is 6. The molecule has 3 rings (SSSR count). The molecule has 25 heavy (non-hydrogen) atoms. The fourth-order valence-electron chi connectivity index (χ4n) is 2.25. The number of amides is 1. The standard InChI is InChI=1S/C18H16N2O3S2/c1-23-18(22)12-5-4-6-13(9-12)19-16(21)10-24-11-17-20-14-7-2-3-8-15(14)25-17/h2-9H,10-11H2,1H3,(H,19,21). The number of nitrogens with zero attached hydrogens (tertiary/aromatic N) is 1. The molecule has 1 heterocycles. The van der Waals surface area contributed by atoms with Crippen LogP contribution in [0.25, 0.3) is 10.2 Å². The largest absolute Gasteiger partial charge is 0.465 e. The van der Waals surface area contributed by atoms with Crippen molar-refractivity contribution in [2.75, 3.05) is 18.2 Å². The second kappa shape index (κ2) is 8.13. The third kappa shape index (κ3) is 4.58. The molecule has 1 amide bonds. The predicted molar refractivity (Wildman–Crippen MR) is 102 cm³/mol. The average molecular weight is 372 g/mol. The third-order valence-electron chi connectivity index (χ3n) is 3.36.